The van der Waals surface area contributed by atoms with Crippen molar-refractivity contribution >= 4 is 46.7 Å². The van der Waals surface area contributed by atoms with Crippen LogP contribution in [0.15, 0.2) is 58.3 Å². The molecule has 0 aliphatic heterocycles. The second-order valence-corrected chi connectivity index (χ2v) is 6.74. The molecule has 0 saturated heterocycles. The summed E-state index contributed by atoms with van der Waals surface area (Å²) < 4.78 is 0. The van der Waals surface area contributed by atoms with E-state index in [2.05, 4.69) is 24.3 Å². The monoisotopic (exact) mass is 314 g/mol. The molecule has 0 spiro atoms. The van der Waals surface area contributed by atoms with E-state index in [1.807, 2.05) is 36.0 Å². The van der Waals surface area contributed by atoms with Crippen molar-refractivity contribution in [3.63, 3.8) is 0 Å². The maximum atomic E-state index is 5.97. The highest BCUT2D eigenvalue weighted by Gasteiger charge is 2.00. The molecule has 0 aromatic heterocycles. The second kappa shape index (κ2) is 7.34. The summed E-state index contributed by atoms with van der Waals surface area (Å²) in [6.07, 6.45) is 0. The van der Waals surface area contributed by atoms with Crippen LogP contribution < -0.4 is 0 Å². The topological polar surface area (TPSA) is 0 Å². The van der Waals surface area contributed by atoms with E-state index in [1.54, 1.807) is 11.8 Å². The molecule has 0 fully saturated rings. The van der Waals surface area contributed by atoms with Crippen molar-refractivity contribution in [1.82, 2.24) is 0 Å². The molecule has 2 aromatic carbocycles. The maximum Gasteiger partial charge on any atom is 0.0603 e. The van der Waals surface area contributed by atoms with Gasteiger partial charge >= 0.3 is 0 Å². The summed E-state index contributed by atoms with van der Waals surface area (Å²) in [4.78, 5) is 2.48. The fourth-order valence-corrected chi connectivity index (χ4v) is 3.62. The molecule has 0 amide bonds. The van der Waals surface area contributed by atoms with Crippen molar-refractivity contribution in [1.29, 1.82) is 0 Å². The molecule has 4 heteroatoms. The standard InChI is InChI=1S/C14H12Cl2S2/c15-13-7-6-12(10-14(13)16)18-9-8-17-11-4-2-1-3-5-11/h1-7,10H,8-9H2. The first-order valence-corrected chi connectivity index (χ1v) is 8.24. The van der Waals surface area contributed by atoms with Crippen molar-refractivity contribution < 1.29 is 0 Å². The average molecular weight is 315 g/mol. The van der Waals surface area contributed by atoms with Crippen LogP contribution in [0.4, 0.5) is 0 Å². The highest BCUT2D eigenvalue weighted by molar-refractivity contribution is 8.03. The van der Waals surface area contributed by atoms with Gasteiger partial charge in [0.05, 0.1) is 10.0 Å². The van der Waals surface area contributed by atoms with E-state index in [0.29, 0.717) is 10.0 Å². The molecule has 18 heavy (non-hydrogen) atoms. The summed E-state index contributed by atoms with van der Waals surface area (Å²) in [5.74, 6) is 2.13. The molecule has 0 bridgehead atoms. The van der Waals surface area contributed by atoms with Gasteiger partial charge in [-0.3, -0.25) is 0 Å². The number of hydrogen-bond donors (Lipinski definition) is 0. The lowest BCUT2D eigenvalue weighted by Gasteiger charge is -2.03. The minimum atomic E-state index is 0.611. The fourth-order valence-electron chi connectivity index (χ4n) is 1.40. The van der Waals surface area contributed by atoms with Gasteiger partial charge in [0.1, 0.15) is 0 Å². The molecule has 0 unspecified atom stereocenters. The molecule has 0 aliphatic carbocycles. The molecule has 0 atom stereocenters. The van der Waals surface area contributed by atoms with Gasteiger partial charge in [-0.05, 0) is 30.3 Å². The summed E-state index contributed by atoms with van der Waals surface area (Å²) in [7, 11) is 0. The Morgan fingerprint density at radius 1 is 0.722 bits per heavy atom. The van der Waals surface area contributed by atoms with Crippen molar-refractivity contribution in [3.8, 4) is 0 Å². The van der Waals surface area contributed by atoms with E-state index < -0.39 is 0 Å². The Kier molecular flexibility index (Phi) is 5.77. The lowest BCUT2D eigenvalue weighted by molar-refractivity contribution is 1.41. The molecule has 2 aromatic rings. The van der Waals surface area contributed by atoms with Gasteiger partial charge in [0, 0.05) is 21.3 Å². The minimum absolute atomic E-state index is 0.611. The van der Waals surface area contributed by atoms with E-state index in [9.17, 15) is 0 Å². The van der Waals surface area contributed by atoms with Crippen LogP contribution in [-0.4, -0.2) is 11.5 Å². The van der Waals surface area contributed by atoms with Crippen LogP contribution in [0.2, 0.25) is 10.0 Å². The zero-order chi connectivity index (χ0) is 12.8. The van der Waals surface area contributed by atoms with Crippen LogP contribution in [0, 0.1) is 0 Å². The first-order valence-electron chi connectivity index (χ1n) is 5.51. The number of rotatable bonds is 5. The second-order valence-electron chi connectivity index (χ2n) is 3.59. The molecule has 0 nitrogen and oxygen atoms in total. The molecule has 94 valence electrons. The summed E-state index contributed by atoms with van der Waals surface area (Å²) >= 11 is 15.5. The van der Waals surface area contributed by atoms with Gasteiger partial charge in [0.25, 0.3) is 0 Å². The van der Waals surface area contributed by atoms with Gasteiger partial charge in [-0.15, -0.1) is 23.5 Å². The zero-order valence-electron chi connectivity index (χ0n) is 9.61. The van der Waals surface area contributed by atoms with Crippen molar-refractivity contribution in [2.45, 2.75) is 9.79 Å². The first-order chi connectivity index (χ1) is 8.75. The average Bonchev–Trinajstić information content (AvgIpc) is 2.40. The molecule has 0 N–H and O–H groups in total. The molecule has 0 saturated carbocycles. The van der Waals surface area contributed by atoms with Crippen molar-refractivity contribution in [2.24, 2.45) is 0 Å². The Morgan fingerprint density at radius 2 is 1.39 bits per heavy atom. The van der Waals surface area contributed by atoms with E-state index in [0.717, 1.165) is 16.4 Å². The number of halogens is 2. The van der Waals surface area contributed by atoms with E-state index in [4.69, 9.17) is 23.2 Å². The normalized spacial score (nSPS) is 10.6. The van der Waals surface area contributed by atoms with Gasteiger partial charge in [0.15, 0.2) is 0 Å². The fraction of sp³-hybridized carbons (Fsp3) is 0.143. The Hall–Kier alpha value is -0.280. The minimum Gasteiger partial charge on any atom is -0.125 e. The maximum absolute atomic E-state index is 5.97. The van der Waals surface area contributed by atoms with Crippen molar-refractivity contribution in [2.75, 3.05) is 11.5 Å². The zero-order valence-corrected chi connectivity index (χ0v) is 12.8. The molecule has 0 heterocycles. The Labute approximate surface area is 126 Å². The quantitative estimate of drug-likeness (QED) is 0.499. The Bertz CT molecular complexity index is 500. The third kappa shape index (κ3) is 4.43. The number of benzene rings is 2. The van der Waals surface area contributed by atoms with E-state index in [1.165, 1.54) is 4.90 Å². The largest absolute Gasteiger partial charge is 0.125 e. The van der Waals surface area contributed by atoms with Gasteiger partial charge in [-0.1, -0.05) is 41.4 Å². The van der Waals surface area contributed by atoms with Crippen LogP contribution in [0.5, 0.6) is 0 Å². The van der Waals surface area contributed by atoms with Gasteiger partial charge < -0.3 is 0 Å². The third-order valence-corrected chi connectivity index (χ3v) is 5.26. The summed E-state index contributed by atoms with van der Waals surface area (Å²) in [6, 6.07) is 16.2. The van der Waals surface area contributed by atoms with Gasteiger partial charge in [-0.2, -0.15) is 0 Å². The lowest BCUT2D eigenvalue weighted by atomic mass is 10.4. The van der Waals surface area contributed by atoms with Crippen LogP contribution in [-0.2, 0) is 0 Å². The van der Waals surface area contributed by atoms with E-state index >= 15 is 0 Å². The number of thioether (sulfide) groups is 2. The SMILES string of the molecule is Clc1ccc(SCCSc2ccccc2)cc1Cl. The Morgan fingerprint density at radius 3 is 2.06 bits per heavy atom. The molecular weight excluding hydrogens is 303 g/mol. The van der Waals surface area contributed by atoms with Crippen LogP contribution >= 0.6 is 46.7 Å². The molecule has 0 radical (unpaired) electrons. The van der Waals surface area contributed by atoms with Crippen molar-refractivity contribution in [3.05, 3.63) is 58.6 Å². The summed E-state index contributed by atoms with van der Waals surface area (Å²) in [6.45, 7) is 0. The molecule has 0 aliphatic rings. The van der Waals surface area contributed by atoms with E-state index in [-0.39, 0.29) is 0 Å². The van der Waals surface area contributed by atoms with Crippen LogP contribution in [0.25, 0.3) is 0 Å². The third-order valence-electron chi connectivity index (χ3n) is 2.26. The molecule has 2 rings (SSSR count). The summed E-state index contributed by atoms with van der Waals surface area (Å²) in [5.41, 5.74) is 0. The predicted octanol–water partition coefficient (Wildman–Crippen LogP) is 5.88. The highest BCUT2D eigenvalue weighted by Crippen LogP contribution is 2.29. The van der Waals surface area contributed by atoms with Crippen LogP contribution in [0.3, 0.4) is 0 Å². The first kappa shape index (κ1) is 14.1. The highest BCUT2D eigenvalue weighted by atomic mass is 35.5. The number of hydrogen-bond acceptors (Lipinski definition) is 2. The van der Waals surface area contributed by atoms with Gasteiger partial charge in [-0.25, -0.2) is 0 Å². The van der Waals surface area contributed by atoms with Gasteiger partial charge in [0.2, 0.25) is 0 Å². The summed E-state index contributed by atoms with van der Waals surface area (Å²) in [5, 5.41) is 1.23. The smallest absolute Gasteiger partial charge is 0.0603 e. The van der Waals surface area contributed by atoms with Crippen LogP contribution in [0.1, 0.15) is 0 Å². The lowest BCUT2D eigenvalue weighted by Crippen LogP contribution is -1.84. The Balaban J connectivity index is 1.77. The predicted molar refractivity (Wildman–Crippen MR) is 84.4 cm³/mol. The molecular formula is C14H12Cl2S2.